The molecule has 0 unspecified atom stereocenters. The largest absolute Gasteiger partial charge is 0.355 e. The van der Waals surface area contributed by atoms with Crippen molar-refractivity contribution in [2.24, 2.45) is 0 Å². The van der Waals surface area contributed by atoms with Crippen LogP contribution in [0.5, 0.6) is 0 Å². The average molecular weight is 211 g/mol. The third-order valence-corrected chi connectivity index (χ3v) is 2.61. The molecule has 4 heteroatoms. The molecule has 1 amide bonds. The lowest BCUT2D eigenvalue weighted by Crippen LogP contribution is -2.14. The minimum atomic E-state index is -0.561. The number of halogens is 2. The van der Waals surface area contributed by atoms with Gasteiger partial charge in [-0.25, -0.2) is 8.78 Å². The van der Waals surface area contributed by atoms with E-state index in [0.29, 0.717) is 12.1 Å². The highest BCUT2D eigenvalue weighted by atomic mass is 19.1. The maximum Gasteiger partial charge on any atom is 0.220 e. The van der Waals surface area contributed by atoms with Crippen LogP contribution in [0.4, 0.5) is 8.78 Å². The summed E-state index contributed by atoms with van der Waals surface area (Å²) in [6.07, 6.45) is 0.164. The molecule has 1 N–H and O–H groups in total. The van der Waals surface area contributed by atoms with Gasteiger partial charge in [0.2, 0.25) is 5.91 Å². The number of rotatable bonds is 1. The van der Waals surface area contributed by atoms with Crippen molar-refractivity contribution in [1.29, 1.82) is 0 Å². The van der Waals surface area contributed by atoms with E-state index in [1.54, 1.807) is 6.92 Å². The zero-order chi connectivity index (χ0) is 11.0. The van der Waals surface area contributed by atoms with Crippen LogP contribution in [0.25, 0.3) is 0 Å². The standard InChI is InChI=1S/C11H11F2NO/c1-6-2-8(12)11(9(13)3-6)7-4-10(15)14-5-7/h2-3,7H,4-5H2,1H3,(H,14,15)/t7-/m1/s1. The Morgan fingerprint density at radius 1 is 1.33 bits per heavy atom. The number of carbonyl (C=O) groups is 1. The van der Waals surface area contributed by atoms with E-state index in [1.165, 1.54) is 12.1 Å². The molecular weight excluding hydrogens is 200 g/mol. The van der Waals surface area contributed by atoms with Crippen LogP contribution in [0.1, 0.15) is 23.5 Å². The van der Waals surface area contributed by atoms with Crippen molar-refractivity contribution < 1.29 is 13.6 Å². The van der Waals surface area contributed by atoms with Crippen molar-refractivity contribution >= 4 is 5.91 Å². The Bertz CT molecular complexity index is 394. The molecule has 2 nitrogen and oxygen atoms in total. The van der Waals surface area contributed by atoms with Crippen molar-refractivity contribution in [3.63, 3.8) is 0 Å². The molecule has 1 fully saturated rings. The number of aryl methyl sites for hydroxylation is 1. The zero-order valence-corrected chi connectivity index (χ0v) is 8.31. The Balaban J connectivity index is 2.39. The van der Waals surface area contributed by atoms with Crippen LogP contribution in [-0.2, 0) is 4.79 Å². The number of carbonyl (C=O) groups excluding carboxylic acids is 1. The molecule has 1 saturated heterocycles. The van der Waals surface area contributed by atoms with Crippen molar-refractivity contribution in [3.8, 4) is 0 Å². The van der Waals surface area contributed by atoms with Crippen molar-refractivity contribution in [2.75, 3.05) is 6.54 Å². The van der Waals surface area contributed by atoms with Crippen LogP contribution in [0, 0.1) is 18.6 Å². The van der Waals surface area contributed by atoms with E-state index in [0.717, 1.165) is 0 Å². The van der Waals surface area contributed by atoms with Gasteiger partial charge in [-0.05, 0) is 24.6 Å². The summed E-state index contributed by atoms with van der Waals surface area (Å²) in [5, 5.41) is 2.56. The number of hydrogen-bond donors (Lipinski definition) is 1. The molecule has 0 radical (unpaired) electrons. The second-order valence-electron chi connectivity index (χ2n) is 3.85. The topological polar surface area (TPSA) is 29.1 Å². The molecule has 80 valence electrons. The second-order valence-corrected chi connectivity index (χ2v) is 3.85. The lowest BCUT2D eigenvalue weighted by molar-refractivity contribution is -0.119. The van der Waals surface area contributed by atoms with E-state index in [1.807, 2.05) is 0 Å². The Morgan fingerprint density at radius 3 is 2.40 bits per heavy atom. The fourth-order valence-corrected chi connectivity index (χ4v) is 1.91. The summed E-state index contributed by atoms with van der Waals surface area (Å²) in [5.74, 6) is -1.65. The number of hydrogen-bond acceptors (Lipinski definition) is 1. The first-order valence-corrected chi connectivity index (χ1v) is 4.80. The van der Waals surface area contributed by atoms with Gasteiger partial charge in [-0.1, -0.05) is 0 Å². The summed E-state index contributed by atoms with van der Waals surface area (Å²) >= 11 is 0. The summed E-state index contributed by atoms with van der Waals surface area (Å²) in [6, 6.07) is 2.59. The SMILES string of the molecule is Cc1cc(F)c([C@H]2CNC(=O)C2)c(F)c1. The summed E-state index contributed by atoms with van der Waals surface area (Å²) < 4.78 is 27.0. The first-order chi connectivity index (χ1) is 7.08. The Labute approximate surface area is 86.3 Å². The van der Waals surface area contributed by atoms with Crippen LogP contribution >= 0.6 is 0 Å². The van der Waals surface area contributed by atoms with Gasteiger partial charge in [0.15, 0.2) is 0 Å². The average Bonchev–Trinajstić information content (AvgIpc) is 2.49. The second kappa shape index (κ2) is 3.61. The van der Waals surface area contributed by atoms with E-state index >= 15 is 0 Å². The smallest absolute Gasteiger partial charge is 0.220 e. The van der Waals surface area contributed by atoms with Gasteiger partial charge in [-0.3, -0.25) is 4.79 Å². The monoisotopic (exact) mass is 211 g/mol. The minimum Gasteiger partial charge on any atom is -0.355 e. The highest BCUT2D eigenvalue weighted by Gasteiger charge is 2.28. The maximum absolute atomic E-state index is 13.5. The number of benzene rings is 1. The predicted molar refractivity (Wildman–Crippen MR) is 51.5 cm³/mol. The first-order valence-electron chi connectivity index (χ1n) is 4.80. The molecule has 0 bridgehead atoms. The highest BCUT2D eigenvalue weighted by molar-refractivity contribution is 5.79. The third kappa shape index (κ3) is 1.84. The van der Waals surface area contributed by atoms with Gasteiger partial charge < -0.3 is 5.32 Å². The lowest BCUT2D eigenvalue weighted by atomic mass is 9.96. The van der Waals surface area contributed by atoms with Crippen LogP contribution in [0.15, 0.2) is 12.1 Å². The molecule has 2 rings (SSSR count). The molecule has 1 aliphatic rings. The van der Waals surface area contributed by atoms with E-state index < -0.39 is 11.6 Å². The van der Waals surface area contributed by atoms with Gasteiger partial charge in [-0.15, -0.1) is 0 Å². The van der Waals surface area contributed by atoms with Crippen molar-refractivity contribution in [2.45, 2.75) is 19.3 Å². The summed E-state index contributed by atoms with van der Waals surface area (Å²) in [4.78, 5) is 11.0. The minimum absolute atomic E-state index is 0.0268. The summed E-state index contributed by atoms with van der Waals surface area (Å²) in [5.41, 5.74) is 0.574. The Hall–Kier alpha value is -1.45. The molecule has 1 atom stereocenters. The van der Waals surface area contributed by atoms with Crippen LogP contribution in [0.3, 0.4) is 0 Å². The summed E-state index contributed by atoms with van der Waals surface area (Å²) in [7, 11) is 0. The molecular formula is C11H11F2NO. The Kier molecular flexibility index (Phi) is 2.42. The fourth-order valence-electron chi connectivity index (χ4n) is 1.91. The lowest BCUT2D eigenvalue weighted by Gasteiger charge is -2.11. The van der Waals surface area contributed by atoms with Gasteiger partial charge >= 0.3 is 0 Å². The molecule has 1 heterocycles. The molecule has 1 aromatic rings. The Morgan fingerprint density at radius 2 is 1.93 bits per heavy atom. The highest BCUT2D eigenvalue weighted by Crippen LogP contribution is 2.28. The van der Waals surface area contributed by atoms with E-state index in [9.17, 15) is 13.6 Å². The van der Waals surface area contributed by atoms with Crippen molar-refractivity contribution in [1.82, 2.24) is 5.32 Å². The summed E-state index contributed by atoms with van der Waals surface area (Å²) in [6.45, 7) is 1.95. The van der Waals surface area contributed by atoms with E-state index in [2.05, 4.69) is 5.32 Å². The van der Waals surface area contributed by atoms with Crippen LogP contribution in [0.2, 0.25) is 0 Å². The van der Waals surface area contributed by atoms with Gasteiger partial charge in [0.1, 0.15) is 11.6 Å². The van der Waals surface area contributed by atoms with Crippen molar-refractivity contribution in [3.05, 3.63) is 34.9 Å². The molecule has 0 aromatic heterocycles. The molecule has 1 aliphatic heterocycles. The molecule has 0 spiro atoms. The van der Waals surface area contributed by atoms with Gasteiger partial charge in [0, 0.05) is 24.4 Å². The molecule has 0 aliphatic carbocycles. The zero-order valence-electron chi connectivity index (χ0n) is 8.31. The van der Waals surface area contributed by atoms with E-state index in [-0.39, 0.29) is 23.8 Å². The molecule has 1 aromatic carbocycles. The van der Waals surface area contributed by atoms with Crippen LogP contribution < -0.4 is 5.32 Å². The number of nitrogens with one attached hydrogen (secondary N) is 1. The first kappa shape index (κ1) is 10.1. The maximum atomic E-state index is 13.5. The third-order valence-electron chi connectivity index (χ3n) is 2.61. The van der Waals surface area contributed by atoms with E-state index in [4.69, 9.17) is 0 Å². The predicted octanol–water partition coefficient (Wildman–Crippen LogP) is 1.88. The number of amides is 1. The normalized spacial score (nSPS) is 20.5. The molecule has 15 heavy (non-hydrogen) atoms. The van der Waals surface area contributed by atoms with Gasteiger partial charge in [0.05, 0.1) is 0 Å². The van der Waals surface area contributed by atoms with Gasteiger partial charge in [-0.2, -0.15) is 0 Å². The fraction of sp³-hybridized carbons (Fsp3) is 0.364. The van der Waals surface area contributed by atoms with Crippen LogP contribution in [-0.4, -0.2) is 12.5 Å². The quantitative estimate of drug-likeness (QED) is 0.755. The molecule has 0 saturated carbocycles. The van der Waals surface area contributed by atoms with Gasteiger partial charge in [0.25, 0.3) is 0 Å².